The molecular formula is C53H62FN3O10. The highest BCUT2D eigenvalue weighted by Gasteiger charge is 2.65. The zero-order chi connectivity index (χ0) is 47.0. The first-order valence-corrected chi connectivity index (χ1v) is 23.2. The van der Waals surface area contributed by atoms with Crippen LogP contribution in [0.3, 0.4) is 0 Å². The molecule has 3 N–H and O–H groups in total. The summed E-state index contributed by atoms with van der Waals surface area (Å²) in [6.45, 7) is 4.83. The Morgan fingerprint density at radius 2 is 1.63 bits per heavy atom. The summed E-state index contributed by atoms with van der Waals surface area (Å²) >= 11 is 0. The van der Waals surface area contributed by atoms with Gasteiger partial charge in [0.1, 0.15) is 37.1 Å². The van der Waals surface area contributed by atoms with Gasteiger partial charge in [-0.25, -0.2) is 14.0 Å². The Hall–Kier alpha value is -6.06. The number of halogens is 1. The molecule has 1 fully saturated rings. The number of hydrogen-bond acceptors (Lipinski definition) is 11. The summed E-state index contributed by atoms with van der Waals surface area (Å²) in [7, 11) is 1.48. The highest BCUT2D eigenvalue weighted by atomic mass is 19.1. The van der Waals surface area contributed by atoms with Crippen molar-refractivity contribution in [3.63, 3.8) is 0 Å². The average Bonchev–Trinajstić information content (AvgIpc) is 3.34. The maximum Gasteiger partial charge on any atom is 0.412 e. The molecule has 1 heterocycles. The second-order valence-electron chi connectivity index (χ2n) is 17.1. The van der Waals surface area contributed by atoms with E-state index in [1.165, 1.54) is 19.2 Å². The Labute approximate surface area is 392 Å². The van der Waals surface area contributed by atoms with Crippen LogP contribution in [-0.4, -0.2) is 85.0 Å². The molecule has 7 rings (SSSR count). The van der Waals surface area contributed by atoms with Crippen LogP contribution in [0.5, 0.6) is 11.5 Å². The van der Waals surface area contributed by atoms with Crippen molar-refractivity contribution in [3.8, 4) is 11.5 Å². The van der Waals surface area contributed by atoms with Crippen LogP contribution in [0.15, 0.2) is 133 Å². The molecule has 0 aromatic heterocycles. The monoisotopic (exact) mass is 919 g/mol. The highest BCUT2D eigenvalue weighted by molar-refractivity contribution is 6.03. The molecule has 6 atom stereocenters. The smallest absolute Gasteiger partial charge is 0.412 e. The number of carbonyl (C=O) groups is 2. The predicted octanol–water partition coefficient (Wildman–Crippen LogP) is 9.23. The number of fused-ring (bicyclic) bond motifs is 2. The van der Waals surface area contributed by atoms with E-state index >= 15 is 0 Å². The van der Waals surface area contributed by atoms with Gasteiger partial charge in [-0.3, -0.25) is 4.90 Å². The number of allylic oxidation sites excluding steroid dienone is 1. The Morgan fingerprint density at radius 3 is 2.33 bits per heavy atom. The number of unbranched alkanes of at least 4 members (excludes halogenated alkanes) is 2. The molecule has 6 unspecified atom stereocenters. The lowest BCUT2D eigenvalue weighted by atomic mass is 9.55. The second-order valence-corrected chi connectivity index (χ2v) is 17.1. The summed E-state index contributed by atoms with van der Waals surface area (Å²) < 4.78 is 46.5. The van der Waals surface area contributed by atoms with Gasteiger partial charge in [-0.05, 0) is 90.1 Å². The van der Waals surface area contributed by atoms with Gasteiger partial charge < -0.3 is 44.1 Å². The number of aliphatic hydroxyl groups excluding tert-OH is 2. The number of rotatable bonds is 23. The molecule has 4 aromatic carbocycles. The number of aliphatic hydroxyl groups is 2. The summed E-state index contributed by atoms with van der Waals surface area (Å²) in [4.78, 5) is 35.2. The minimum Gasteiger partial charge on any atom is -0.459 e. The van der Waals surface area contributed by atoms with Crippen LogP contribution in [0.4, 0.5) is 14.0 Å². The normalized spacial score (nSPS) is 22.1. The molecule has 2 aliphatic carbocycles. The van der Waals surface area contributed by atoms with Gasteiger partial charge in [-0.2, -0.15) is 0 Å². The van der Waals surface area contributed by atoms with E-state index in [0.717, 1.165) is 41.5 Å². The lowest BCUT2D eigenvalue weighted by Crippen LogP contribution is -2.70. The molecule has 0 radical (unpaired) electrons. The third kappa shape index (κ3) is 12.1. The van der Waals surface area contributed by atoms with Crippen molar-refractivity contribution >= 4 is 17.9 Å². The topological polar surface area (TPSA) is 158 Å². The average molecular weight is 920 g/mol. The molecule has 67 heavy (non-hydrogen) atoms. The molecule has 3 aliphatic rings. The molecule has 0 bridgehead atoms. The van der Waals surface area contributed by atoms with Crippen LogP contribution in [0, 0.1) is 23.6 Å². The lowest BCUT2D eigenvalue weighted by molar-refractivity contribution is -0.256. The molecule has 1 saturated carbocycles. The molecule has 13 nitrogen and oxygen atoms in total. The van der Waals surface area contributed by atoms with E-state index in [4.69, 9.17) is 28.5 Å². The first kappa shape index (κ1) is 48.9. The van der Waals surface area contributed by atoms with E-state index in [2.05, 4.69) is 23.1 Å². The zero-order valence-electron chi connectivity index (χ0n) is 38.1. The molecule has 0 spiro atoms. The zero-order valence-corrected chi connectivity index (χ0v) is 38.1. The van der Waals surface area contributed by atoms with Crippen molar-refractivity contribution in [1.82, 2.24) is 10.2 Å². The van der Waals surface area contributed by atoms with Gasteiger partial charge in [0.15, 0.2) is 0 Å². The molecule has 0 saturated heterocycles. The summed E-state index contributed by atoms with van der Waals surface area (Å²) in [5.41, 5.74) is 4.74. The Kier molecular flexibility index (Phi) is 17.6. The lowest BCUT2D eigenvalue weighted by Gasteiger charge is -2.59. The maximum absolute atomic E-state index is 14.8. The Balaban J connectivity index is 1.33. The number of carbonyl (C=O) groups excluding carboxylic acids is 2. The third-order valence-corrected chi connectivity index (χ3v) is 12.8. The molecule has 1 aliphatic heterocycles. The fourth-order valence-electron chi connectivity index (χ4n) is 9.86. The number of hydrogen-bond donors (Lipinski definition) is 3. The van der Waals surface area contributed by atoms with Crippen LogP contribution < -0.4 is 14.8 Å². The Morgan fingerprint density at radius 1 is 0.910 bits per heavy atom. The van der Waals surface area contributed by atoms with E-state index in [1.807, 2.05) is 66.7 Å². The summed E-state index contributed by atoms with van der Waals surface area (Å²) in [6.07, 6.45) is 6.86. The third-order valence-electron chi connectivity index (χ3n) is 12.8. The van der Waals surface area contributed by atoms with Gasteiger partial charge in [-0.1, -0.05) is 103 Å². The van der Waals surface area contributed by atoms with Crippen molar-refractivity contribution in [2.75, 3.05) is 40.1 Å². The van der Waals surface area contributed by atoms with E-state index in [9.17, 15) is 24.2 Å². The SMILES string of the molecule is C=CCOC12Oc3ccc(OC(=O)NCc4ccccc4)cc3C3C(CCCCO)C(CCCCO)C=C(C(=NOC)CC1N(Cc1ccc(F)cc1)C(=O)OCCOCc1ccccc1)C32. The standard InChI is InChI=1S/C53H62FN3O10/c1-3-28-65-53-48(57(35-38-20-22-41(54)23-21-38)52(61)64-30-29-63-36-39-16-8-5-9-17-39)33-46(56-62-2)44-31-40(18-10-12-26-58)43(19-11-13-27-59)49(50(44)53)45-32-42(24-25-47(45)67-53)66-51(60)55-34-37-14-6-4-7-15-37/h3-9,14-17,20-25,31-32,40,43,48-50,58-59H,1,10-13,18-19,26-30,33-36H2,2H3,(H,55,60). The van der Waals surface area contributed by atoms with Crippen molar-refractivity contribution in [3.05, 3.63) is 156 Å². The molecule has 14 heteroatoms. The number of benzene rings is 4. The number of oxime groups is 1. The first-order valence-electron chi connectivity index (χ1n) is 23.2. The van der Waals surface area contributed by atoms with E-state index in [1.54, 1.807) is 35.2 Å². The van der Waals surface area contributed by atoms with Crippen molar-refractivity contribution < 1.29 is 52.7 Å². The van der Waals surface area contributed by atoms with Gasteiger partial charge in [0.25, 0.3) is 0 Å². The highest BCUT2D eigenvalue weighted by Crippen LogP contribution is 2.62. The summed E-state index contributed by atoms with van der Waals surface area (Å²) in [6, 6.07) is 29.6. The largest absolute Gasteiger partial charge is 0.459 e. The second kappa shape index (κ2) is 24.1. The fourth-order valence-corrected chi connectivity index (χ4v) is 9.86. The Bertz CT molecular complexity index is 2290. The van der Waals surface area contributed by atoms with Gasteiger partial charge in [0.05, 0.1) is 31.5 Å². The van der Waals surface area contributed by atoms with Crippen LogP contribution >= 0.6 is 0 Å². The molecule has 356 valence electrons. The number of nitrogens with zero attached hydrogens (tertiary/aromatic N) is 2. The van der Waals surface area contributed by atoms with Crippen LogP contribution in [-0.2, 0) is 38.7 Å². The van der Waals surface area contributed by atoms with Gasteiger partial charge >= 0.3 is 12.2 Å². The first-order chi connectivity index (χ1) is 32.8. The molecular weight excluding hydrogens is 858 g/mol. The van der Waals surface area contributed by atoms with Gasteiger partial charge in [0.2, 0.25) is 5.79 Å². The minimum atomic E-state index is -1.59. The minimum absolute atomic E-state index is 0.00461. The maximum atomic E-state index is 14.8. The fraction of sp³-hybridized carbons (Fsp3) is 0.415. The van der Waals surface area contributed by atoms with Crippen LogP contribution in [0.25, 0.3) is 0 Å². The molecule has 2 amide bonds. The summed E-state index contributed by atoms with van der Waals surface area (Å²) in [5.74, 6) is -2.31. The molecule has 4 aromatic rings. The van der Waals surface area contributed by atoms with Crippen molar-refractivity contribution in [2.24, 2.45) is 22.9 Å². The predicted molar refractivity (Wildman–Crippen MR) is 251 cm³/mol. The van der Waals surface area contributed by atoms with Crippen LogP contribution in [0.1, 0.15) is 73.1 Å². The number of nitrogens with one attached hydrogen (secondary N) is 1. The van der Waals surface area contributed by atoms with Gasteiger partial charge in [-0.15, -0.1) is 6.58 Å². The van der Waals surface area contributed by atoms with Gasteiger partial charge in [0, 0.05) is 44.2 Å². The van der Waals surface area contributed by atoms with Crippen LogP contribution in [0.2, 0.25) is 0 Å². The van der Waals surface area contributed by atoms with Crippen molar-refractivity contribution in [1.29, 1.82) is 0 Å². The number of ether oxygens (including phenoxy) is 5. The quantitative estimate of drug-likeness (QED) is 0.0372. The number of amides is 2. The summed E-state index contributed by atoms with van der Waals surface area (Å²) in [5, 5.41) is 27.4. The van der Waals surface area contributed by atoms with E-state index in [0.29, 0.717) is 48.6 Å². The van der Waals surface area contributed by atoms with E-state index < -0.39 is 35.8 Å². The van der Waals surface area contributed by atoms with E-state index in [-0.39, 0.29) is 70.3 Å². The van der Waals surface area contributed by atoms with Crippen molar-refractivity contribution in [2.45, 2.75) is 82.4 Å².